The summed E-state index contributed by atoms with van der Waals surface area (Å²) in [5.74, 6) is 1.82. The number of benzene rings is 3. The molecule has 0 radical (unpaired) electrons. The molecular formula is C34H39NO3. The van der Waals surface area contributed by atoms with E-state index in [1.165, 1.54) is 19.1 Å². The van der Waals surface area contributed by atoms with Gasteiger partial charge in [0.15, 0.2) is 0 Å². The lowest BCUT2D eigenvalue weighted by atomic mass is 9.44. The molecule has 3 fully saturated rings. The molecule has 3 aliphatic carbocycles. The van der Waals surface area contributed by atoms with Crippen LogP contribution in [0.2, 0.25) is 0 Å². The van der Waals surface area contributed by atoms with E-state index >= 15 is 0 Å². The van der Waals surface area contributed by atoms with Crippen LogP contribution in [0.15, 0.2) is 78.9 Å². The second-order valence-electron chi connectivity index (χ2n) is 11.8. The van der Waals surface area contributed by atoms with Gasteiger partial charge < -0.3 is 9.64 Å². The maximum atomic E-state index is 13.7. The maximum Gasteiger partial charge on any atom is 0.337 e. The first-order valence-electron chi connectivity index (χ1n) is 13.9. The first kappa shape index (κ1) is 26.2. The maximum absolute atomic E-state index is 13.7. The lowest BCUT2D eigenvalue weighted by Crippen LogP contribution is -2.61. The highest BCUT2D eigenvalue weighted by atomic mass is 16.5. The Morgan fingerprint density at radius 2 is 1.50 bits per heavy atom. The largest absolute Gasteiger partial charge is 0.465 e. The SMILES string of the molecule is COC(=O)c1ccc(-c2ccc(CN(C(=O)CCc3ccccc3)[C@H]3C[C@@H]4C[C@@H]([C@H]3C)C4(C)C)cc2)cc1. The van der Waals surface area contributed by atoms with Gasteiger partial charge in [-0.3, -0.25) is 4.79 Å². The molecular weight excluding hydrogens is 470 g/mol. The van der Waals surface area contributed by atoms with Crippen LogP contribution in [0.4, 0.5) is 0 Å². The van der Waals surface area contributed by atoms with Crippen LogP contribution in [0.5, 0.6) is 0 Å². The molecule has 2 bridgehead atoms. The average Bonchev–Trinajstić information content (AvgIpc) is 2.95. The van der Waals surface area contributed by atoms with Gasteiger partial charge in [0.25, 0.3) is 0 Å². The van der Waals surface area contributed by atoms with E-state index in [1.54, 1.807) is 12.1 Å². The van der Waals surface area contributed by atoms with Gasteiger partial charge in [-0.05, 0) is 76.8 Å². The minimum absolute atomic E-state index is 0.257. The second kappa shape index (κ2) is 10.8. The number of carbonyl (C=O) groups is 2. The zero-order valence-corrected chi connectivity index (χ0v) is 23.0. The third-order valence-electron chi connectivity index (χ3n) is 9.45. The summed E-state index contributed by atoms with van der Waals surface area (Å²) < 4.78 is 4.80. The predicted molar refractivity (Wildman–Crippen MR) is 151 cm³/mol. The van der Waals surface area contributed by atoms with Gasteiger partial charge in [-0.15, -0.1) is 0 Å². The summed E-state index contributed by atoms with van der Waals surface area (Å²) in [4.78, 5) is 27.7. The van der Waals surface area contributed by atoms with E-state index < -0.39 is 0 Å². The van der Waals surface area contributed by atoms with Crippen LogP contribution in [0.25, 0.3) is 11.1 Å². The van der Waals surface area contributed by atoms with Crippen molar-refractivity contribution in [2.75, 3.05) is 7.11 Å². The van der Waals surface area contributed by atoms with E-state index in [1.807, 2.05) is 30.3 Å². The van der Waals surface area contributed by atoms with Crippen LogP contribution < -0.4 is 0 Å². The Balaban J connectivity index is 1.33. The lowest BCUT2D eigenvalue weighted by Gasteiger charge is -2.63. The van der Waals surface area contributed by atoms with Crippen LogP contribution in [-0.4, -0.2) is 29.9 Å². The lowest BCUT2D eigenvalue weighted by molar-refractivity contribution is -0.159. The van der Waals surface area contributed by atoms with Gasteiger partial charge in [0.1, 0.15) is 0 Å². The molecule has 0 aromatic heterocycles. The van der Waals surface area contributed by atoms with Gasteiger partial charge >= 0.3 is 5.97 Å². The number of ether oxygens (including phenoxy) is 1. The van der Waals surface area contributed by atoms with Gasteiger partial charge in [0.2, 0.25) is 5.91 Å². The Kier molecular flexibility index (Phi) is 7.43. The molecule has 3 aliphatic rings. The van der Waals surface area contributed by atoms with Crippen LogP contribution in [0, 0.1) is 23.2 Å². The standard InChI is InChI=1S/C34H39NO3/c1-23-30-20-29(34(30,2)3)21-31(23)35(32(36)19-12-24-8-6-5-7-9-24)22-25-10-13-26(14-11-25)27-15-17-28(18-16-27)33(37)38-4/h5-11,13-18,23,29-31H,12,19-22H2,1-4H3/t23-,29+,30+,31+/m1/s1. The molecule has 0 heterocycles. The zero-order valence-electron chi connectivity index (χ0n) is 23.0. The Morgan fingerprint density at radius 1 is 0.868 bits per heavy atom. The minimum Gasteiger partial charge on any atom is -0.465 e. The first-order chi connectivity index (χ1) is 18.3. The van der Waals surface area contributed by atoms with Gasteiger partial charge in [0.05, 0.1) is 12.7 Å². The summed E-state index contributed by atoms with van der Waals surface area (Å²) in [7, 11) is 1.39. The molecule has 0 spiro atoms. The smallest absolute Gasteiger partial charge is 0.337 e. The van der Waals surface area contributed by atoms with Crippen molar-refractivity contribution in [2.24, 2.45) is 23.2 Å². The molecule has 3 aromatic rings. The number of carbonyl (C=O) groups excluding carboxylic acids is 2. The molecule has 198 valence electrons. The number of aryl methyl sites for hydroxylation is 1. The molecule has 3 aromatic carbocycles. The Morgan fingerprint density at radius 3 is 2.08 bits per heavy atom. The van der Waals surface area contributed by atoms with Crippen molar-refractivity contribution in [3.8, 4) is 11.1 Å². The van der Waals surface area contributed by atoms with E-state index in [4.69, 9.17) is 4.74 Å². The molecule has 0 N–H and O–H groups in total. The van der Waals surface area contributed by atoms with Crippen molar-refractivity contribution in [3.05, 3.63) is 95.6 Å². The third-order valence-corrected chi connectivity index (χ3v) is 9.45. The molecule has 4 heteroatoms. The normalized spacial score (nSPS) is 23.3. The zero-order chi connectivity index (χ0) is 26.9. The van der Waals surface area contributed by atoms with E-state index in [2.05, 4.69) is 62.1 Å². The first-order valence-corrected chi connectivity index (χ1v) is 13.9. The Labute approximate surface area is 227 Å². The van der Waals surface area contributed by atoms with Crippen molar-refractivity contribution in [2.45, 2.75) is 59.0 Å². The number of hydrogen-bond donors (Lipinski definition) is 0. The third kappa shape index (κ3) is 5.14. The van der Waals surface area contributed by atoms with Crippen LogP contribution >= 0.6 is 0 Å². The fourth-order valence-corrected chi connectivity index (χ4v) is 6.88. The number of esters is 1. The van der Waals surface area contributed by atoms with Gasteiger partial charge in [-0.25, -0.2) is 4.79 Å². The highest BCUT2D eigenvalue weighted by Gasteiger charge is 2.57. The highest BCUT2D eigenvalue weighted by molar-refractivity contribution is 5.90. The second-order valence-corrected chi connectivity index (χ2v) is 11.8. The molecule has 38 heavy (non-hydrogen) atoms. The average molecular weight is 510 g/mol. The number of amides is 1. The van der Waals surface area contributed by atoms with E-state index in [0.29, 0.717) is 47.7 Å². The van der Waals surface area contributed by atoms with Crippen molar-refractivity contribution >= 4 is 11.9 Å². The van der Waals surface area contributed by atoms with Crippen LogP contribution in [0.1, 0.15) is 61.5 Å². The Hall–Kier alpha value is -3.40. The number of nitrogens with zero attached hydrogens (tertiary/aromatic N) is 1. The highest BCUT2D eigenvalue weighted by Crippen LogP contribution is 2.62. The van der Waals surface area contributed by atoms with E-state index in [0.717, 1.165) is 29.5 Å². The Bertz CT molecular complexity index is 1260. The monoisotopic (exact) mass is 509 g/mol. The molecule has 3 saturated carbocycles. The quantitative estimate of drug-likeness (QED) is 0.302. The van der Waals surface area contributed by atoms with Gasteiger partial charge in [0, 0.05) is 19.0 Å². The van der Waals surface area contributed by atoms with Gasteiger partial charge in [-0.1, -0.05) is 87.5 Å². The number of fused-ring (bicyclic) bond motifs is 2. The molecule has 0 unspecified atom stereocenters. The van der Waals surface area contributed by atoms with Crippen molar-refractivity contribution in [1.82, 2.24) is 4.90 Å². The minimum atomic E-state index is -0.332. The van der Waals surface area contributed by atoms with Crippen LogP contribution in [-0.2, 0) is 22.5 Å². The fourth-order valence-electron chi connectivity index (χ4n) is 6.88. The summed E-state index contributed by atoms with van der Waals surface area (Å²) >= 11 is 0. The number of hydrogen-bond acceptors (Lipinski definition) is 3. The van der Waals surface area contributed by atoms with E-state index in [-0.39, 0.29) is 11.9 Å². The van der Waals surface area contributed by atoms with Crippen LogP contribution in [0.3, 0.4) is 0 Å². The van der Waals surface area contributed by atoms with Gasteiger partial charge in [-0.2, -0.15) is 0 Å². The summed E-state index contributed by atoms with van der Waals surface area (Å²) in [6.45, 7) is 7.84. The summed E-state index contributed by atoms with van der Waals surface area (Å²) in [6, 6.07) is 26.6. The molecule has 4 atom stereocenters. The topological polar surface area (TPSA) is 46.6 Å². The molecule has 6 rings (SSSR count). The summed E-state index contributed by atoms with van der Waals surface area (Å²) in [6.07, 6.45) is 3.72. The molecule has 4 nitrogen and oxygen atoms in total. The predicted octanol–water partition coefficient (Wildman–Crippen LogP) is 7.17. The summed E-state index contributed by atoms with van der Waals surface area (Å²) in [5.41, 5.74) is 5.42. The van der Waals surface area contributed by atoms with Crippen molar-refractivity contribution in [1.29, 1.82) is 0 Å². The van der Waals surface area contributed by atoms with Crippen molar-refractivity contribution in [3.63, 3.8) is 0 Å². The van der Waals surface area contributed by atoms with Crippen molar-refractivity contribution < 1.29 is 14.3 Å². The number of rotatable bonds is 8. The molecule has 0 saturated heterocycles. The fraction of sp³-hybridized carbons (Fsp3) is 0.412. The van der Waals surface area contributed by atoms with E-state index in [9.17, 15) is 9.59 Å². The molecule has 0 aliphatic heterocycles. The molecule has 1 amide bonds. The number of methoxy groups -OCH3 is 1. The summed E-state index contributed by atoms with van der Waals surface area (Å²) in [5, 5.41) is 0.